The van der Waals surface area contributed by atoms with Crippen molar-refractivity contribution in [3.8, 4) is 0 Å². The van der Waals surface area contributed by atoms with E-state index in [0.717, 1.165) is 19.6 Å². The first-order valence-electron chi connectivity index (χ1n) is 5.53. The van der Waals surface area contributed by atoms with Crippen LogP contribution in [0.1, 0.15) is 6.92 Å². The molecule has 16 heavy (non-hydrogen) atoms. The molecule has 0 unspecified atom stereocenters. The van der Waals surface area contributed by atoms with Crippen molar-refractivity contribution in [2.45, 2.75) is 6.92 Å². The lowest BCUT2D eigenvalue weighted by Gasteiger charge is -2.33. The fourth-order valence-corrected chi connectivity index (χ4v) is 1.61. The van der Waals surface area contributed by atoms with Crippen molar-refractivity contribution in [2.75, 3.05) is 45.9 Å². The van der Waals surface area contributed by atoms with E-state index in [4.69, 9.17) is 10.5 Å². The monoisotopic (exact) mass is 229 g/mol. The SMILES string of the molecule is CCN1CCN(C(=O)COC(=O)CN)CC1. The van der Waals surface area contributed by atoms with E-state index < -0.39 is 5.97 Å². The van der Waals surface area contributed by atoms with E-state index >= 15 is 0 Å². The Balaban J connectivity index is 2.25. The predicted molar refractivity (Wildman–Crippen MR) is 58.7 cm³/mol. The minimum Gasteiger partial charge on any atom is -0.455 e. The van der Waals surface area contributed by atoms with Gasteiger partial charge in [0.25, 0.3) is 5.91 Å². The van der Waals surface area contributed by atoms with Crippen molar-refractivity contribution in [2.24, 2.45) is 5.73 Å². The van der Waals surface area contributed by atoms with E-state index in [1.165, 1.54) is 0 Å². The molecule has 0 aromatic carbocycles. The van der Waals surface area contributed by atoms with Crippen LogP contribution in [0.25, 0.3) is 0 Å². The van der Waals surface area contributed by atoms with E-state index in [1.54, 1.807) is 4.90 Å². The fourth-order valence-electron chi connectivity index (χ4n) is 1.61. The van der Waals surface area contributed by atoms with Gasteiger partial charge in [-0.3, -0.25) is 9.59 Å². The molecular formula is C10H19N3O3. The molecule has 1 aliphatic rings. The van der Waals surface area contributed by atoms with Crippen molar-refractivity contribution in [1.82, 2.24) is 9.80 Å². The summed E-state index contributed by atoms with van der Waals surface area (Å²) in [6.07, 6.45) is 0. The second-order valence-electron chi connectivity index (χ2n) is 3.68. The molecule has 1 rings (SSSR count). The van der Waals surface area contributed by atoms with Gasteiger partial charge in [-0.25, -0.2) is 0 Å². The normalized spacial score (nSPS) is 17.2. The van der Waals surface area contributed by atoms with Gasteiger partial charge < -0.3 is 20.3 Å². The average Bonchev–Trinajstić information content (AvgIpc) is 2.35. The minimum atomic E-state index is -0.541. The first kappa shape index (κ1) is 12.9. The minimum absolute atomic E-state index is 0.141. The molecule has 1 amide bonds. The van der Waals surface area contributed by atoms with E-state index in [1.807, 2.05) is 0 Å². The van der Waals surface area contributed by atoms with Crippen LogP contribution in [-0.4, -0.2) is 67.6 Å². The number of amides is 1. The maximum Gasteiger partial charge on any atom is 0.320 e. The fraction of sp³-hybridized carbons (Fsp3) is 0.800. The molecule has 1 heterocycles. The van der Waals surface area contributed by atoms with E-state index in [0.29, 0.717) is 13.1 Å². The zero-order valence-corrected chi connectivity index (χ0v) is 9.65. The summed E-state index contributed by atoms with van der Waals surface area (Å²) in [7, 11) is 0. The molecule has 2 N–H and O–H groups in total. The quantitative estimate of drug-likeness (QED) is 0.603. The Morgan fingerprint density at radius 1 is 1.25 bits per heavy atom. The Bertz CT molecular complexity index is 250. The number of piperazine rings is 1. The second kappa shape index (κ2) is 6.44. The van der Waals surface area contributed by atoms with E-state index in [2.05, 4.69) is 11.8 Å². The molecule has 0 aromatic rings. The highest BCUT2D eigenvalue weighted by molar-refractivity contribution is 5.81. The standard InChI is InChI=1S/C10H19N3O3/c1-2-12-3-5-13(6-4-12)9(14)8-16-10(15)7-11/h2-8,11H2,1H3. The lowest BCUT2D eigenvalue weighted by atomic mass is 10.3. The highest BCUT2D eigenvalue weighted by atomic mass is 16.5. The maximum absolute atomic E-state index is 11.6. The molecule has 0 aromatic heterocycles. The average molecular weight is 229 g/mol. The number of ether oxygens (including phenoxy) is 1. The molecule has 92 valence electrons. The first-order chi connectivity index (χ1) is 7.67. The van der Waals surface area contributed by atoms with Crippen LogP contribution in [-0.2, 0) is 14.3 Å². The summed E-state index contributed by atoms with van der Waals surface area (Å²) < 4.78 is 4.69. The van der Waals surface area contributed by atoms with Crippen molar-refractivity contribution in [3.63, 3.8) is 0 Å². The Hall–Kier alpha value is -1.14. The molecule has 1 aliphatic heterocycles. The third-order valence-corrected chi connectivity index (χ3v) is 2.70. The maximum atomic E-state index is 11.6. The van der Waals surface area contributed by atoms with Gasteiger partial charge in [0, 0.05) is 26.2 Å². The molecule has 1 fully saturated rings. The Labute approximate surface area is 95.3 Å². The summed E-state index contributed by atoms with van der Waals surface area (Å²) in [5.41, 5.74) is 5.07. The summed E-state index contributed by atoms with van der Waals surface area (Å²) in [4.78, 5) is 26.4. The Morgan fingerprint density at radius 2 is 1.88 bits per heavy atom. The van der Waals surface area contributed by atoms with E-state index in [-0.39, 0.29) is 19.1 Å². The van der Waals surface area contributed by atoms with Crippen LogP contribution in [0.3, 0.4) is 0 Å². The molecule has 1 saturated heterocycles. The summed E-state index contributed by atoms with van der Waals surface area (Å²) in [5, 5.41) is 0. The second-order valence-corrected chi connectivity index (χ2v) is 3.68. The summed E-state index contributed by atoms with van der Waals surface area (Å²) in [5.74, 6) is -0.682. The summed E-state index contributed by atoms with van der Waals surface area (Å²) in [6.45, 7) is 5.89. The first-order valence-corrected chi connectivity index (χ1v) is 5.53. The van der Waals surface area contributed by atoms with Gasteiger partial charge in [0.1, 0.15) is 0 Å². The number of hydrogen-bond acceptors (Lipinski definition) is 5. The molecule has 0 spiro atoms. The van der Waals surface area contributed by atoms with Crippen LogP contribution >= 0.6 is 0 Å². The van der Waals surface area contributed by atoms with Gasteiger partial charge in [0.2, 0.25) is 0 Å². The van der Waals surface area contributed by atoms with Gasteiger partial charge in [0.15, 0.2) is 6.61 Å². The van der Waals surface area contributed by atoms with Crippen LogP contribution in [0, 0.1) is 0 Å². The lowest BCUT2D eigenvalue weighted by molar-refractivity contribution is -0.151. The number of nitrogens with zero attached hydrogens (tertiary/aromatic N) is 2. The number of hydrogen-bond donors (Lipinski definition) is 1. The zero-order valence-electron chi connectivity index (χ0n) is 9.65. The number of rotatable bonds is 4. The predicted octanol–water partition coefficient (Wildman–Crippen LogP) is -1.35. The van der Waals surface area contributed by atoms with Gasteiger partial charge >= 0.3 is 5.97 Å². The van der Waals surface area contributed by atoms with Gasteiger partial charge in [-0.1, -0.05) is 6.92 Å². The van der Waals surface area contributed by atoms with Crippen molar-refractivity contribution in [1.29, 1.82) is 0 Å². The zero-order chi connectivity index (χ0) is 12.0. The molecule has 0 atom stereocenters. The summed E-state index contributed by atoms with van der Waals surface area (Å²) in [6, 6.07) is 0. The van der Waals surface area contributed by atoms with Gasteiger partial charge in [0.05, 0.1) is 6.54 Å². The van der Waals surface area contributed by atoms with Crippen LogP contribution in [0.2, 0.25) is 0 Å². The molecule has 0 radical (unpaired) electrons. The largest absolute Gasteiger partial charge is 0.455 e. The highest BCUT2D eigenvalue weighted by Gasteiger charge is 2.20. The smallest absolute Gasteiger partial charge is 0.320 e. The van der Waals surface area contributed by atoms with Gasteiger partial charge in [-0.2, -0.15) is 0 Å². The number of nitrogens with two attached hydrogens (primary N) is 1. The Kier molecular flexibility index (Phi) is 5.21. The van der Waals surface area contributed by atoms with Gasteiger partial charge in [-0.15, -0.1) is 0 Å². The molecule has 6 nitrogen and oxygen atoms in total. The third kappa shape index (κ3) is 3.79. The molecule has 0 saturated carbocycles. The van der Waals surface area contributed by atoms with Crippen molar-refractivity contribution < 1.29 is 14.3 Å². The van der Waals surface area contributed by atoms with E-state index in [9.17, 15) is 9.59 Å². The van der Waals surface area contributed by atoms with Gasteiger partial charge in [-0.05, 0) is 6.54 Å². The number of carbonyl (C=O) groups is 2. The van der Waals surface area contributed by atoms with Crippen LogP contribution in [0.15, 0.2) is 0 Å². The van der Waals surface area contributed by atoms with Crippen LogP contribution in [0.4, 0.5) is 0 Å². The van der Waals surface area contributed by atoms with Crippen molar-refractivity contribution in [3.05, 3.63) is 0 Å². The molecule has 0 bridgehead atoms. The van der Waals surface area contributed by atoms with Crippen LogP contribution in [0.5, 0.6) is 0 Å². The third-order valence-electron chi connectivity index (χ3n) is 2.70. The van der Waals surface area contributed by atoms with Crippen LogP contribution < -0.4 is 5.73 Å². The number of esters is 1. The molecule has 0 aliphatic carbocycles. The topological polar surface area (TPSA) is 75.9 Å². The highest BCUT2D eigenvalue weighted by Crippen LogP contribution is 2.01. The number of carbonyl (C=O) groups excluding carboxylic acids is 2. The van der Waals surface area contributed by atoms with Crippen molar-refractivity contribution >= 4 is 11.9 Å². The molecule has 6 heteroatoms. The lowest BCUT2D eigenvalue weighted by Crippen LogP contribution is -2.49. The number of likely N-dealkylation sites (N-methyl/N-ethyl adjacent to an activating group) is 1. The Morgan fingerprint density at radius 3 is 2.38 bits per heavy atom. The summed E-state index contributed by atoms with van der Waals surface area (Å²) >= 11 is 0. The molecular weight excluding hydrogens is 210 g/mol.